The van der Waals surface area contributed by atoms with Gasteiger partial charge in [0.25, 0.3) is 5.91 Å². The van der Waals surface area contributed by atoms with Crippen molar-refractivity contribution in [2.75, 3.05) is 0 Å². The fourth-order valence-corrected chi connectivity index (χ4v) is 2.93. The normalized spacial score (nSPS) is 15.1. The molecule has 0 fully saturated rings. The van der Waals surface area contributed by atoms with E-state index >= 15 is 0 Å². The van der Waals surface area contributed by atoms with Crippen LogP contribution in [-0.2, 0) is 5.54 Å². The zero-order valence-electron chi connectivity index (χ0n) is 17.7. The lowest BCUT2D eigenvalue weighted by Gasteiger charge is -2.32. The number of fused-ring (bicyclic) bond motifs is 1. The molecule has 0 saturated carbocycles. The van der Waals surface area contributed by atoms with Crippen LogP contribution < -0.4 is 5.32 Å². The van der Waals surface area contributed by atoms with Gasteiger partial charge in [-0.3, -0.25) is 4.79 Å². The number of halogens is 3. The predicted octanol–water partition coefficient (Wildman–Crippen LogP) is 5.08. The van der Waals surface area contributed by atoms with Gasteiger partial charge < -0.3 is 5.32 Å². The van der Waals surface area contributed by atoms with E-state index in [1.807, 2.05) is 34.6 Å². The Kier molecular flexibility index (Phi) is 5.58. The number of aromatic nitrogens is 3. The summed E-state index contributed by atoms with van der Waals surface area (Å²) in [6.45, 7) is 13.9. The van der Waals surface area contributed by atoms with Gasteiger partial charge in [-0.25, -0.2) is 9.67 Å². The highest BCUT2D eigenvalue weighted by molar-refractivity contribution is 6.07. The van der Waals surface area contributed by atoms with Gasteiger partial charge in [-0.2, -0.15) is 18.3 Å². The van der Waals surface area contributed by atoms with E-state index in [1.165, 1.54) is 6.92 Å². The van der Waals surface area contributed by atoms with E-state index in [0.717, 1.165) is 6.92 Å². The Morgan fingerprint density at radius 2 is 1.79 bits per heavy atom. The van der Waals surface area contributed by atoms with E-state index in [-0.39, 0.29) is 17.9 Å². The van der Waals surface area contributed by atoms with Crippen LogP contribution in [0, 0.1) is 6.92 Å². The molecule has 1 atom stereocenters. The van der Waals surface area contributed by atoms with Crippen molar-refractivity contribution in [2.45, 2.75) is 85.0 Å². The topological polar surface area (TPSA) is 59.8 Å². The van der Waals surface area contributed by atoms with Crippen molar-refractivity contribution in [1.29, 1.82) is 0 Å². The number of aryl methyl sites for hydroxylation is 1. The minimum Gasteiger partial charge on any atom is -0.338 e. The van der Waals surface area contributed by atoms with Gasteiger partial charge >= 0.3 is 6.18 Å². The molecule has 1 amide bonds. The van der Waals surface area contributed by atoms with Crippen molar-refractivity contribution in [3.63, 3.8) is 0 Å². The minimum absolute atomic E-state index is 0.000232. The van der Waals surface area contributed by atoms with Crippen LogP contribution in [0.2, 0.25) is 0 Å². The van der Waals surface area contributed by atoms with Crippen molar-refractivity contribution in [2.24, 2.45) is 0 Å². The lowest BCUT2D eigenvalue weighted by Crippen LogP contribution is -2.56. The lowest BCUT2D eigenvalue weighted by molar-refractivity contribution is -0.188. The number of carbonyl (C=O) groups excluding carboxylic acids is 1. The predicted molar refractivity (Wildman–Crippen MR) is 104 cm³/mol. The molecule has 0 radical (unpaired) electrons. The van der Waals surface area contributed by atoms with Crippen molar-refractivity contribution in [3.05, 3.63) is 23.0 Å². The van der Waals surface area contributed by atoms with Gasteiger partial charge in [0.2, 0.25) is 0 Å². The van der Waals surface area contributed by atoms with E-state index in [2.05, 4.69) is 15.4 Å². The molecule has 1 N–H and O–H groups in total. The fourth-order valence-electron chi connectivity index (χ4n) is 2.93. The summed E-state index contributed by atoms with van der Waals surface area (Å²) in [6.07, 6.45) is -4.83. The number of carbonyl (C=O) groups is 1. The SMILES string of the molecule is CC[C@](C)(NC(=O)c1cc(C(C)C)nc2c1c(C)nn2C(C)(C)C)C(F)(F)F. The molecule has 8 heteroatoms. The molecule has 156 valence electrons. The fraction of sp³-hybridized carbons (Fsp3) is 0.650. The van der Waals surface area contributed by atoms with Crippen molar-refractivity contribution >= 4 is 16.9 Å². The summed E-state index contributed by atoms with van der Waals surface area (Å²) in [4.78, 5) is 17.7. The number of hydrogen-bond acceptors (Lipinski definition) is 3. The molecule has 2 aromatic rings. The molecule has 0 aliphatic carbocycles. The summed E-state index contributed by atoms with van der Waals surface area (Å²) in [7, 11) is 0. The number of amides is 1. The average molecular weight is 398 g/mol. The van der Waals surface area contributed by atoms with Crippen LogP contribution in [0.1, 0.15) is 82.6 Å². The second-order valence-corrected chi connectivity index (χ2v) is 8.75. The molecule has 0 saturated heterocycles. The number of alkyl halides is 3. The van der Waals surface area contributed by atoms with Crippen molar-refractivity contribution in [3.8, 4) is 0 Å². The van der Waals surface area contributed by atoms with Crippen LogP contribution in [0.4, 0.5) is 13.2 Å². The molecular weight excluding hydrogens is 369 g/mol. The number of nitrogens with one attached hydrogen (secondary N) is 1. The van der Waals surface area contributed by atoms with Gasteiger partial charge in [0, 0.05) is 5.69 Å². The van der Waals surface area contributed by atoms with Crippen LogP contribution in [0.25, 0.3) is 11.0 Å². The number of rotatable bonds is 4. The van der Waals surface area contributed by atoms with Gasteiger partial charge in [-0.05, 0) is 53.0 Å². The van der Waals surface area contributed by atoms with Gasteiger partial charge in [0.05, 0.1) is 22.2 Å². The van der Waals surface area contributed by atoms with Gasteiger partial charge in [0.15, 0.2) is 5.65 Å². The summed E-state index contributed by atoms with van der Waals surface area (Å²) >= 11 is 0. The summed E-state index contributed by atoms with van der Waals surface area (Å²) in [6, 6.07) is 1.58. The third-order valence-electron chi connectivity index (χ3n) is 5.03. The van der Waals surface area contributed by atoms with Gasteiger partial charge in [0.1, 0.15) is 5.54 Å². The largest absolute Gasteiger partial charge is 0.411 e. The summed E-state index contributed by atoms with van der Waals surface area (Å²) < 4.78 is 42.2. The van der Waals surface area contributed by atoms with E-state index in [9.17, 15) is 18.0 Å². The molecular formula is C20H29F3N4O. The highest BCUT2D eigenvalue weighted by atomic mass is 19.4. The van der Waals surface area contributed by atoms with Crippen LogP contribution in [0.5, 0.6) is 0 Å². The first kappa shape index (κ1) is 22.2. The van der Waals surface area contributed by atoms with Crippen LogP contribution >= 0.6 is 0 Å². The Morgan fingerprint density at radius 3 is 2.21 bits per heavy atom. The monoisotopic (exact) mass is 398 g/mol. The summed E-state index contributed by atoms with van der Waals surface area (Å²) in [5.74, 6) is -0.771. The van der Waals surface area contributed by atoms with E-state index in [4.69, 9.17) is 0 Å². The molecule has 0 unspecified atom stereocenters. The van der Waals surface area contributed by atoms with Crippen molar-refractivity contribution < 1.29 is 18.0 Å². The first-order valence-electron chi connectivity index (χ1n) is 9.42. The molecule has 2 aromatic heterocycles. The summed E-state index contributed by atoms with van der Waals surface area (Å²) in [5, 5.41) is 7.21. The average Bonchev–Trinajstić information content (AvgIpc) is 2.90. The number of nitrogens with zero attached hydrogens (tertiary/aromatic N) is 3. The van der Waals surface area contributed by atoms with E-state index in [1.54, 1.807) is 17.7 Å². The summed E-state index contributed by atoms with van der Waals surface area (Å²) in [5.41, 5.74) is -0.841. The minimum atomic E-state index is -4.56. The zero-order valence-corrected chi connectivity index (χ0v) is 17.7. The second-order valence-electron chi connectivity index (χ2n) is 8.75. The molecule has 28 heavy (non-hydrogen) atoms. The Labute approximate surface area is 163 Å². The molecule has 0 aliphatic heterocycles. The van der Waals surface area contributed by atoms with Crippen LogP contribution in [0.3, 0.4) is 0 Å². The maximum Gasteiger partial charge on any atom is 0.411 e. The highest BCUT2D eigenvalue weighted by Gasteiger charge is 2.51. The van der Waals surface area contributed by atoms with E-state index < -0.39 is 23.2 Å². The molecule has 2 rings (SSSR count). The quantitative estimate of drug-likeness (QED) is 0.781. The Morgan fingerprint density at radius 1 is 1.21 bits per heavy atom. The second kappa shape index (κ2) is 7.04. The number of hydrogen-bond donors (Lipinski definition) is 1. The molecule has 5 nitrogen and oxygen atoms in total. The van der Waals surface area contributed by atoms with E-state index in [0.29, 0.717) is 22.4 Å². The Bertz CT molecular complexity index is 893. The first-order valence-corrected chi connectivity index (χ1v) is 9.42. The molecule has 0 aromatic carbocycles. The third-order valence-corrected chi connectivity index (χ3v) is 5.03. The third kappa shape index (κ3) is 3.86. The molecule has 2 heterocycles. The molecule has 0 aliphatic rings. The van der Waals surface area contributed by atoms with Gasteiger partial charge in [-0.1, -0.05) is 20.8 Å². The Hall–Kier alpha value is -2.12. The van der Waals surface area contributed by atoms with Crippen LogP contribution in [-0.4, -0.2) is 32.4 Å². The van der Waals surface area contributed by atoms with Crippen molar-refractivity contribution in [1.82, 2.24) is 20.1 Å². The lowest BCUT2D eigenvalue weighted by atomic mass is 9.96. The van der Waals surface area contributed by atoms with Gasteiger partial charge in [-0.15, -0.1) is 0 Å². The molecule has 0 bridgehead atoms. The Balaban J connectivity index is 2.73. The zero-order chi connectivity index (χ0) is 21.7. The maximum absolute atomic E-state index is 13.5. The number of pyridine rings is 1. The maximum atomic E-state index is 13.5. The first-order chi connectivity index (χ1) is 12.6. The highest BCUT2D eigenvalue weighted by Crippen LogP contribution is 2.34. The van der Waals surface area contributed by atoms with Crippen LogP contribution in [0.15, 0.2) is 6.07 Å². The molecule has 0 spiro atoms. The standard InChI is InChI=1S/C20H29F3N4O/c1-9-19(8,20(21,22)23)25-17(28)13-10-14(11(2)3)24-16-15(13)12(4)26-27(16)18(5,6)7/h10-11H,9H2,1-8H3,(H,25,28)/t19-/m0/s1. The smallest absolute Gasteiger partial charge is 0.338 e.